The van der Waals surface area contributed by atoms with Gasteiger partial charge in [0.1, 0.15) is 18.1 Å². The van der Waals surface area contributed by atoms with Crippen LogP contribution in [-0.2, 0) is 14.3 Å². The smallest absolute Gasteiger partial charge is 0.442 e. The van der Waals surface area contributed by atoms with Crippen LogP contribution in [0.3, 0.4) is 0 Å². The lowest BCUT2D eigenvalue weighted by Gasteiger charge is -2.46. The van der Waals surface area contributed by atoms with Crippen LogP contribution in [0.25, 0.3) is 0 Å². The first kappa shape index (κ1) is 33.2. The van der Waals surface area contributed by atoms with Gasteiger partial charge in [0.15, 0.2) is 0 Å². The molecular formula is C21H21Cl6F4N5O4. The van der Waals surface area contributed by atoms with Gasteiger partial charge in [0.2, 0.25) is 3.79 Å². The Bertz CT molecular complexity index is 1140. The topological polar surface area (TPSA) is 94.2 Å². The molecule has 2 unspecified atom stereocenters. The quantitative estimate of drug-likeness (QED) is 0.336. The molecule has 0 bridgehead atoms. The van der Waals surface area contributed by atoms with E-state index in [-0.39, 0.29) is 37.6 Å². The van der Waals surface area contributed by atoms with E-state index in [0.717, 1.165) is 11.0 Å². The summed E-state index contributed by atoms with van der Waals surface area (Å²) >= 11 is 35.1. The molecule has 40 heavy (non-hydrogen) atoms. The fourth-order valence-electron chi connectivity index (χ4n) is 4.20. The summed E-state index contributed by atoms with van der Waals surface area (Å²) < 4.78 is 53.0. The largest absolute Gasteiger partial charge is 0.471 e. The van der Waals surface area contributed by atoms with Gasteiger partial charge in [-0.15, -0.1) is 0 Å². The number of alkyl halides is 9. The summed E-state index contributed by atoms with van der Waals surface area (Å²) in [5.74, 6) is -3.86. The maximum atomic E-state index is 15.2. The molecule has 0 spiro atoms. The minimum atomic E-state index is -5.08. The van der Waals surface area contributed by atoms with Crippen LogP contribution in [0.1, 0.15) is 6.92 Å². The van der Waals surface area contributed by atoms with E-state index >= 15 is 4.39 Å². The Kier molecular flexibility index (Phi) is 10.3. The van der Waals surface area contributed by atoms with Crippen LogP contribution in [0.2, 0.25) is 0 Å². The molecule has 19 heteroatoms. The highest BCUT2D eigenvalue weighted by atomic mass is 35.6. The number of carbonyl (C=O) groups is 3. The zero-order valence-electron chi connectivity index (χ0n) is 20.3. The number of hydrogen-bond acceptors (Lipinski definition) is 6. The van der Waals surface area contributed by atoms with E-state index in [2.05, 4.69) is 5.32 Å². The lowest BCUT2D eigenvalue weighted by atomic mass is 10.1. The van der Waals surface area contributed by atoms with Crippen molar-refractivity contribution in [2.75, 3.05) is 42.5 Å². The molecule has 3 atom stereocenters. The van der Waals surface area contributed by atoms with Crippen LogP contribution in [0.5, 0.6) is 0 Å². The van der Waals surface area contributed by atoms with E-state index in [1.54, 1.807) is 22.0 Å². The molecule has 2 heterocycles. The van der Waals surface area contributed by atoms with Gasteiger partial charge in [-0.25, -0.2) is 9.18 Å². The number of rotatable bonds is 6. The summed E-state index contributed by atoms with van der Waals surface area (Å²) in [7, 11) is 0. The zero-order chi connectivity index (χ0) is 30.2. The highest BCUT2D eigenvalue weighted by Gasteiger charge is 2.45. The molecular weight excluding hydrogens is 675 g/mol. The van der Waals surface area contributed by atoms with E-state index < -0.39 is 62.3 Å². The van der Waals surface area contributed by atoms with Gasteiger partial charge in [-0.3, -0.25) is 19.4 Å². The molecule has 2 aliphatic heterocycles. The second-order valence-electron chi connectivity index (χ2n) is 8.91. The SMILES string of the molecule is CC1CN(c2ccc(N3C[C@H](CNC(=O)C(F)(F)F)OC3=O)cc2F)CCN1C(NC(=O)C(Cl)(Cl)Cl)C(Cl)(Cl)Cl. The van der Waals surface area contributed by atoms with Gasteiger partial charge < -0.3 is 20.3 Å². The van der Waals surface area contributed by atoms with Crippen molar-refractivity contribution in [1.82, 2.24) is 15.5 Å². The first-order chi connectivity index (χ1) is 18.3. The lowest BCUT2D eigenvalue weighted by molar-refractivity contribution is -0.173. The average molecular weight is 696 g/mol. The van der Waals surface area contributed by atoms with Crippen molar-refractivity contribution in [3.05, 3.63) is 24.0 Å². The third-order valence-corrected chi connectivity index (χ3v) is 7.19. The number of benzene rings is 1. The maximum Gasteiger partial charge on any atom is 0.471 e. The molecule has 3 rings (SSSR count). The number of piperazine rings is 1. The Balaban J connectivity index is 1.67. The van der Waals surface area contributed by atoms with Crippen molar-refractivity contribution >= 4 is 98.9 Å². The van der Waals surface area contributed by atoms with Crippen LogP contribution in [0.4, 0.5) is 33.7 Å². The highest BCUT2D eigenvalue weighted by Crippen LogP contribution is 2.36. The predicted octanol–water partition coefficient (Wildman–Crippen LogP) is 4.52. The first-order valence-corrected chi connectivity index (χ1v) is 13.6. The second kappa shape index (κ2) is 12.5. The Morgan fingerprint density at radius 3 is 2.25 bits per heavy atom. The van der Waals surface area contributed by atoms with Crippen LogP contribution in [-0.4, -0.2) is 87.6 Å². The first-order valence-electron chi connectivity index (χ1n) is 11.4. The number of nitrogens with zero attached hydrogens (tertiary/aromatic N) is 3. The van der Waals surface area contributed by atoms with Gasteiger partial charge >= 0.3 is 18.2 Å². The van der Waals surface area contributed by atoms with E-state index in [0.29, 0.717) is 0 Å². The van der Waals surface area contributed by atoms with Gasteiger partial charge in [0.05, 0.1) is 24.5 Å². The number of hydrogen-bond donors (Lipinski definition) is 2. The number of nitrogens with one attached hydrogen (secondary N) is 2. The predicted molar refractivity (Wildman–Crippen MR) is 144 cm³/mol. The molecule has 2 saturated heterocycles. The average Bonchev–Trinajstić information content (AvgIpc) is 3.19. The number of carbonyl (C=O) groups excluding carboxylic acids is 3. The van der Waals surface area contributed by atoms with Crippen molar-refractivity contribution in [2.24, 2.45) is 0 Å². The van der Waals surface area contributed by atoms with E-state index in [4.69, 9.17) is 74.3 Å². The molecule has 9 nitrogen and oxygen atoms in total. The van der Waals surface area contributed by atoms with Gasteiger partial charge in [-0.05, 0) is 25.1 Å². The molecule has 0 aliphatic carbocycles. The third-order valence-electron chi connectivity index (χ3n) is 6.05. The minimum Gasteiger partial charge on any atom is -0.442 e. The number of anilines is 2. The molecule has 2 N–H and O–H groups in total. The van der Waals surface area contributed by atoms with Crippen molar-refractivity contribution in [2.45, 2.75) is 39.0 Å². The van der Waals surface area contributed by atoms with Crippen molar-refractivity contribution in [3.63, 3.8) is 0 Å². The van der Waals surface area contributed by atoms with Crippen molar-refractivity contribution in [3.8, 4) is 0 Å². The zero-order valence-corrected chi connectivity index (χ0v) is 24.8. The highest BCUT2D eigenvalue weighted by molar-refractivity contribution is 6.76. The van der Waals surface area contributed by atoms with Gasteiger partial charge in [-0.1, -0.05) is 69.6 Å². The summed E-state index contributed by atoms with van der Waals surface area (Å²) in [5, 5.41) is 4.05. The Labute approximate surface area is 255 Å². The molecule has 1 aromatic carbocycles. The van der Waals surface area contributed by atoms with Crippen LogP contribution in [0, 0.1) is 5.82 Å². The Morgan fingerprint density at radius 1 is 1.07 bits per heavy atom. The van der Waals surface area contributed by atoms with E-state index in [1.165, 1.54) is 12.1 Å². The molecule has 0 saturated carbocycles. The summed E-state index contributed by atoms with van der Waals surface area (Å²) in [6.07, 6.45) is -8.23. The molecule has 0 aromatic heterocycles. The van der Waals surface area contributed by atoms with E-state index in [1.807, 2.05) is 0 Å². The normalized spacial score (nSPS) is 21.7. The number of ether oxygens (including phenoxy) is 1. The molecule has 1 aromatic rings. The number of cyclic esters (lactones) is 1. The molecule has 3 amide bonds. The van der Waals surface area contributed by atoms with Gasteiger partial charge in [0.25, 0.3) is 9.70 Å². The van der Waals surface area contributed by atoms with E-state index in [9.17, 15) is 27.6 Å². The van der Waals surface area contributed by atoms with Crippen LogP contribution in [0.15, 0.2) is 18.2 Å². The van der Waals surface area contributed by atoms with Crippen molar-refractivity contribution < 1.29 is 36.7 Å². The Morgan fingerprint density at radius 2 is 1.73 bits per heavy atom. The minimum absolute atomic E-state index is 0.105. The summed E-state index contributed by atoms with van der Waals surface area (Å²) in [5.41, 5.74) is 0.292. The molecule has 0 radical (unpaired) electrons. The van der Waals surface area contributed by atoms with Gasteiger partial charge in [-0.2, -0.15) is 13.2 Å². The molecule has 224 valence electrons. The fourth-order valence-corrected chi connectivity index (χ4v) is 4.90. The lowest BCUT2D eigenvalue weighted by Crippen LogP contribution is -2.64. The van der Waals surface area contributed by atoms with Gasteiger partial charge in [0, 0.05) is 25.7 Å². The summed E-state index contributed by atoms with van der Waals surface area (Å²) in [6.45, 7) is 1.63. The number of halogens is 10. The summed E-state index contributed by atoms with van der Waals surface area (Å²) in [6, 6.07) is 3.55. The van der Waals surface area contributed by atoms with Crippen LogP contribution < -0.4 is 20.4 Å². The molecule has 2 fully saturated rings. The summed E-state index contributed by atoms with van der Waals surface area (Å²) in [4.78, 5) is 39.8. The fraction of sp³-hybridized carbons (Fsp3) is 0.571. The third kappa shape index (κ3) is 8.14. The van der Waals surface area contributed by atoms with Crippen molar-refractivity contribution in [1.29, 1.82) is 0 Å². The number of amides is 3. The van der Waals surface area contributed by atoms with Crippen LogP contribution >= 0.6 is 69.6 Å². The monoisotopic (exact) mass is 693 g/mol. The molecule has 2 aliphatic rings. The Hall–Kier alpha value is -1.35. The standard InChI is InChI=1S/C21H21Cl6F4N5O4/c1-10-8-34(4-5-35(10)15(19(22,23)24)33-16(37)20(25,26)27)14-3-2-11(6-13(14)28)36-9-12(40-18(36)39)7-32-17(38)21(29,30)31/h2-3,6,10,12,15H,4-5,7-9H2,1H3,(H,32,38)(H,33,37)/t10?,12-,15?/m0/s1. The second-order valence-corrected chi connectivity index (χ2v) is 13.6. The maximum absolute atomic E-state index is 15.2.